The quantitative estimate of drug-likeness (QED) is 0.0765. The predicted octanol–water partition coefficient (Wildman–Crippen LogP) is 5.97. The monoisotopic (exact) mass is 1500 g/mol. The molecule has 0 spiro atoms. The summed E-state index contributed by atoms with van der Waals surface area (Å²) in [6.45, 7) is 16.0. The van der Waals surface area contributed by atoms with Crippen molar-refractivity contribution < 1.29 is 80.8 Å². The molecule has 0 aliphatic rings. The summed E-state index contributed by atoms with van der Waals surface area (Å²) in [7, 11) is 8.43. The van der Waals surface area contributed by atoms with Gasteiger partial charge in [0.2, 0.25) is 22.2 Å². The molecule has 36 heteroatoms. The summed E-state index contributed by atoms with van der Waals surface area (Å²) < 4.78 is 49.2. The molecule has 0 aliphatic heterocycles. The zero-order chi connectivity index (χ0) is 77.6. The summed E-state index contributed by atoms with van der Waals surface area (Å²) in [6, 6.07) is 25.9. The van der Waals surface area contributed by atoms with Gasteiger partial charge in [-0.25, -0.2) is 28.0 Å². The third-order valence-corrected chi connectivity index (χ3v) is 14.7. The summed E-state index contributed by atoms with van der Waals surface area (Å²) in [5.74, 6) is -6.31. The summed E-state index contributed by atoms with van der Waals surface area (Å²) in [5, 5.41) is 41.9. The van der Waals surface area contributed by atoms with Gasteiger partial charge in [0.1, 0.15) is 64.9 Å². The molecule has 0 unspecified atom stereocenters. The number of aromatic carboxylic acids is 2. The second-order valence-corrected chi connectivity index (χ2v) is 26.3. The minimum Gasteiger partial charge on any atom is -0.543 e. The number of carboxylic acid groups (broad SMARTS) is 2. The maximum atomic E-state index is 12.9. The third kappa shape index (κ3) is 21.7. The molecule has 12 rings (SSSR count). The number of carbonyl (C=O) groups is 6. The molecule has 0 fully saturated rings. The molecule has 106 heavy (non-hydrogen) atoms. The number of esters is 3. The average Bonchev–Trinajstić information content (AvgIpc) is 0.806. The van der Waals surface area contributed by atoms with Gasteiger partial charge >= 0.3 is 42.7 Å². The number of hydrogen-bond donors (Lipinski definition) is 2. The third-order valence-electron chi connectivity index (χ3n) is 13.6. The maximum Gasteiger partial charge on any atom is 1.00 e. The molecule has 0 radical (unpaired) electrons. The van der Waals surface area contributed by atoms with Crippen LogP contribution in [0.1, 0.15) is 131 Å². The minimum atomic E-state index is -1.60. The van der Waals surface area contributed by atoms with Crippen molar-refractivity contribution in [3.05, 3.63) is 220 Å². The zero-order valence-corrected chi connectivity index (χ0v) is 62.3. The fraction of sp³-hybridized carbons (Fsp3) is 0.257. The van der Waals surface area contributed by atoms with Crippen LogP contribution in [0.4, 0.5) is 8.78 Å². The second kappa shape index (κ2) is 35.7. The number of ether oxygens (including phenoxy) is 3. The van der Waals surface area contributed by atoms with Crippen molar-refractivity contribution in [1.82, 2.24) is 84.1 Å². The molecule has 2 N–H and O–H groups in total. The van der Waals surface area contributed by atoms with Crippen molar-refractivity contribution in [3.63, 3.8) is 0 Å². The fourth-order valence-corrected chi connectivity index (χ4v) is 9.90. The van der Waals surface area contributed by atoms with Gasteiger partial charge in [0.05, 0.1) is 38.1 Å². The van der Waals surface area contributed by atoms with Crippen LogP contribution in [-0.2, 0) is 56.0 Å². The molecule has 30 nitrogen and oxygen atoms in total. The van der Waals surface area contributed by atoms with Crippen LogP contribution in [0.5, 0.6) is 0 Å². The molecular weight excluding hydrogens is 1430 g/mol. The van der Waals surface area contributed by atoms with Gasteiger partial charge in [-0.3, -0.25) is 67.7 Å². The topological polar surface area (TPSA) is 386 Å². The number of aryl methyl sites for hydroxylation is 5. The Hall–Kier alpha value is -11.6. The molecule has 0 bridgehead atoms. The van der Waals surface area contributed by atoms with E-state index in [0.29, 0.717) is 42.1 Å². The number of hydrogen-bond acceptors (Lipinski definition) is 26. The largest absolute Gasteiger partial charge is 1.00 e. The Balaban J connectivity index is 0.000000202. The van der Waals surface area contributed by atoms with Gasteiger partial charge < -0.3 is 34.5 Å². The number of fused-ring (bicyclic) bond motifs is 5. The van der Waals surface area contributed by atoms with Crippen LogP contribution in [0.2, 0.25) is 0 Å². The number of pyridine rings is 6. The fourth-order valence-electron chi connectivity index (χ4n) is 9.04. The van der Waals surface area contributed by atoms with Crippen molar-refractivity contribution in [2.45, 2.75) is 85.7 Å². The number of rotatable bonds is 8. The number of nitrogens with one attached hydrogen (secondary N) is 1. The molecule has 0 aliphatic carbocycles. The zero-order valence-electron chi connectivity index (χ0n) is 59.9. The normalized spacial score (nSPS) is 10.9. The van der Waals surface area contributed by atoms with Gasteiger partial charge in [0.15, 0.2) is 22.9 Å². The minimum absolute atomic E-state index is 0. The molecule has 544 valence electrons. The van der Waals surface area contributed by atoms with E-state index in [9.17, 15) is 52.2 Å². The van der Waals surface area contributed by atoms with Gasteiger partial charge in [-0.05, 0) is 153 Å². The Morgan fingerprint density at radius 3 is 1.07 bits per heavy atom. The Morgan fingerprint density at radius 1 is 0.434 bits per heavy atom. The van der Waals surface area contributed by atoms with Crippen molar-refractivity contribution in [2.24, 2.45) is 35.2 Å². The first-order chi connectivity index (χ1) is 49.3. The van der Waals surface area contributed by atoms with E-state index in [1.165, 1.54) is 50.8 Å². The molecule has 0 saturated heterocycles. The van der Waals surface area contributed by atoms with Crippen LogP contribution in [0.25, 0.3) is 55.2 Å². The molecule has 11 aromatic heterocycles. The number of benzene rings is 1. The molecule has 1 amide bonds. The summed E-state index contributed by atoms with van der Waals surface area (Å²) in [4.78, 5) is 117. The van der Waals surface area contributed by atoms with Crippen molar-refractivity contribution in [2.75, 3.05) is 0 Å². The van der Waals surface area contributed by atoms with Crippen molar-refractivity contribution in [3.8, 4) is 0 Å². The smallest absolute Gasteiger partial charge is 0.543 e. The van der Waals surface area contributed by atoms with Crippen LogP contribution in [0.3, 0.4) is 0 Å². The molecule has 1 aromatic carbocycles. The maximum absolute atomic E-state index is 12.9. The molecule has 0 atom stereocenters. The van der Waals surface area contributed by atoms with E-state index < -0.39 is 69.0 Å². The van der Waals surface area contributed by atoms with Crippen molar-refractivity contribution >= 4 is 128 Å². The van der Waals surface area contributed by atoms with E-state index in [1.54, 1.807) is 186 Å². The van der Waals surface area contributed by atoms with Crippen LogP contribution >= 0.6 is 36.7 Å². The number of carbonyl (C=O) groups excluding carboxylic acids is 5. The molecular formula is C70H68F2LiN17O13S3. The Kier molecular flexibility index (Phi) is 28.1. The van der Waals surface area contributed by atoms with E-state index in [0.717, 1.165) is 22.7 Å². The first-order valence-electron chi connectivity index (χ1n) is 31.1. The predicted molar refractivity (Wildman–Crippen MR) is 386 cm³/mol. The standard InChI is InChI=1S/C16H13FN4OS.2C13H15N3O3.C13H15N3O2S.C9H7N3O2S.C6H4FNO2.Li/c1-21-12-3-2-8-18-13(12)15(23)14(20-21)16(22)19-9-10-4-6-11(17)7-5-10;2*1-13(2,3)19-12(18)10-11(17)9-8(16(4)15-10)6-5-7-14-9;1-13(2,3)18-12(17)10-11(19)9-8(16(4)15-10)6-5-7-14-9;1-12-5-3-2-4-10-6(5)8(15)7(11-12)9(13)14;7-4-2-1-3-8-5(4)6(9)10;/h2-8H,9H2,1H3,(H,19,22);3*5-7H,1-4H3;2-4H,1H3,(H,13,14);1-3H,(H,9,10);/q;;;;;;+1/p-1. The summed E-state index contributed by atoms with van der Waals surface area (Å²) >= 11 is 15.6. The number of aromatic nitrogens is 16. The van der Waals surface area contributed by atoms with E-state index in [2.05, 4.69) is 60.7 Å². The van der Waals surface area contributed by atoms with Crippen LogP contribution in [-0.4, -0.2) is 136 Å². The number of nitrogens with zero attached hydrogens (tertiary/aromatic N) is 16. The van der Waals surface area contributed by atoms with E-state index in [4.69, 9.17) is 56.0 Å². The van der Waals surface area contributed by atoms with Gasteiger partial charge in [0.25, 0.3) is 5.91 Å². The molecule has 0 saturated carbocycles. The molecule has 11 heterocycles. The number of carboxylic acids is 2. The van der Waals surface area contributed by atoms with Gasteiger partial charge in [-0.2, -0.15) is 25.5 Å². The Morgan fingerprint density at radius 2 is 0.726 bits per heavy atom. The Bertz CT molecular complexity index is 5370. The number of amides is 1. The van der Waals surface area contributed by atoms with Crippen LogP contribution in [0, 0.1) is 25.2 Å². The van der Waals surface area contributed by atoms with E-state index >= 15 is 0 Å². The van der Waals surface area contributed by atoms with Crippen molar-refractivity contribution in [1.29, 1.82) is 0 Å². The Labute approximate surface area is 629 Å². The van der Waals surface area contributed by atoms with Gasteiger partial charge in [0, 0.05) is 79.0 Å². The van der Waals surface area contributed by atoms with Crippen LogP contribution in [0.15, 0.2) is 144 Å². The van der Waals surface area contributed by atoms with Gasteiger partial charge in [-0.15, -0.1) is 0 Å². The molecule has 12 aromatic rings. The van der Waals surface area contributed by atoms with Gasteiger partial charge in [-0.1, -0.05) is 48.8 Å². The van der Waals surface area contributed by atoms with Crippen LogP contribution < -0.4 is 40.1 Å². The first-order valence-corrected chi connectivity index (χ1v) is 32.4. The summed E-state index contributed by atoms with van der Waals surface area (Å²) in [5.41, 5.74) is 2.25. The average molecular weight is 1500 g/mol. The summed E-state index contributed by atoms with van der Waals surface area (Å²) in [6.07, 6.45) is 9.03. The second-order valence-electron chi connectivity index (χ2n) is 25.1. The number of halogens is 2. The van der Waals surface area contributed by atoms with E-state index in [-0.39, 0.29) is 81.1 Å². The first kappa shape index (κ1) is 83.3. The SMILES string of the molecule is Cn1nc(C(=O)NCc2ccc(F)cc2)c(=S)c2ncccc21.Cn1nc(C(=O)O)c(=S)c2ncccc21.Cn1nc(C(=O)OC(C)(C)C)c(=O)c2ncccc21.Cn1nc(C(=O)OC(C)(C)C)c(=O)c2ncccc21.Cn1nc(C(=O)OC(C)(C)C)c(=S)c2ncccc21.O=C([O-])c1ncccc1F.[Li+]. The van der Waals surface area contributed by atoms with E-state index in [1.807, 2.05) is 12.1 Å².